The van der Waals surface area contributed by atoms with Gasteiger partial charge in [-0.15, -0.1) is 0 Å². The van der Waals surface area contributed by atoms with Crippen LogP contribution in [-0.4, -0.2) is 4.98 Å². The first-order chi connectivity index (χ1) is 5.00. The normalized spacial score (nSPS) is 11.6. The Balaban J connectivity index is 2.99. The van der Waals surface area contributed by atoms with E-state index >= 15 is 0 Å². The predicted octanol–water partition coefficient (Wildman–Crippen LogP) is 2.04. The van der Waals surface area contributed by atoms with E-state index in [4.69, 9.17) is 5.73 Å². The zero-order chi connectivity index (χ0) is 8.48. The molecule has 0 amide bonds. The topological polar surface area (TPSA) is 38.9 Å². The lowest BCUT2D eigenvalue weighted by atomic mass is 9.98. The SMILES string of the molecule is CC(C)(N)c1ccc(Br)nc1. The molecule has 0 saturated heterocycles. The summed E-state index contributed by atoms with van der Waals surface area (Å²) in [6.45, 7) is 3.91. The average molecular weight is 215 g/mol. The number of aromatic nitrogens is 1. The number of hydrogen-bond donors (Lipinski definition) is 1. The third-order valence-electron chi connectivity index (χ3n) is 1.47. The summed E-state index contributed by atoms with van der Waals surface area (Å²) in [5.74, 6) is 0. The molecule has 0 unspecified atom stereocenters. The smallest absolute Gasteiger partial charge is 0.106 e. The van der Waals surface area contributed by atoms with Crippen LogP contribution in [0, 0.1) is 0 Å². The second-order valence-electron chi connectivity index (χ2n) is 3.09. The maximum Gasteiger partial charge on any atom is 0.106 e. The summed E-state index contributed by atoms with van der Waals surface area (Å²) in [5, 5.41) is 0. The van der Waals surface area contributed by atoms with Gasteiger partial charge in [0.15, 0.2) is 0 Å². The van der Waals surface area contributed by atoms with Crippen molar-refractivity contribution in [1.82, 2.24) is 4.98 Å². The van der Waals surface area contributed by atoms with Crippen LogP contribution in [0.2, 0.25) is 0 Å². The molecule has 2 nitrogen and oxygen atoms in total. The van der Waals surface area contributed by atoms with Crippen LogP contribution in [0.3, 0.4) is 0 Å². The summed E-state index contributed by atoms with van der Waals surface area (Å²) < 4.78 is 0.838. The van der Waals surface area contributed by atoms with Crippen LogP contribution in [0.25, 0.3) is 0 Å². The molecule has 2 N–H and O–H groups in total. The van der Waals surface area contributed by atoms with Gasteiger partial charge in [0.25, 0.3) is 0 Å². The Morgan fingerprint density at radius 1 is 1.45 bits per heavy atom. The summed E-state index contributed by atoms with van der Waals surface area (Å²) in [7, 11) is 0. The molecule has 3 heteroatoms. The molecule has 0 bridgehead atoms. The van der Waals surface area contributed by atoms with E-state index in [1.54, 1.807) is 6.20 Å². The second kappa shape index (κ2) is 2.91. The van der Waals surface area contributed by atoms with Gasteiger partial charge in [-0.2, -0.15) is 0 Å². The van der Waals surface area contributed by atoms with E-state index in [9.17, 15) is 0 Å². The molecule has 0 spiro atoms. The maximum absolute atomic E-state index is 5.85. The van der Waals surface area contributed by atoms with Gasteiger partial charge < -0.3 is 5.73 Å². The molecule has 0 aliphatic carbocycles. The number of halogens is 1. The van der Waals surface area contributed by atoms with Crippen LogP contribution >= 0.6 is 15.9 Å². The molecule has 1 heterocycles. The van der Waals surface area contributed by atoms with Crippen molar-refractivity contribution in [3.63, 3.8) is 0 Å². The van der Waals surface area contributed by atoms with Gasteiger partial charge >= 0.3 is 0 Å². The van der Waals surface area contributed by atoms with E-state index in [1.165, 1.54) is 0 Å². The molecular weight excluding hydrogens is 204 g/mol. The van der Waals surface area contributed by atoms with E-state index in [-0.39, 0.29) is 5.54 Å². The highest BCUT2D eigenvalue weighted by atomic mass is 79.9. The van der Waals surface area contributed by atoms with E-state index in [0.29, 0.717) is 0 Å². The minimum absolute atomic E-state index is 0.298. The molecule has 0 atom stereocenters. The minimum Gasteiger partial charge on any atom is -0.322 e. The highest BCUT2D eigenvalue weighted by Gasteiger charge is 2.13. The molecule has 0 radical (unpaired) electrons. The van der Waals surface area contributed by atoms with Gasteiger partial charge in [-0.3, -0.25) is 0 Å². The summed E-state index contributed by atoms with van der Waals surface area (Å²) >= 11 is 3.26. The van der Waals surface area contributed by atoms with Gasteiger partial charge in [0, 0.05) is 11.7 Å². The fourth-order valence-corrected chi connectivity index (χ4v) is 0.992. The van der Waals surface area contributed by atoms with Gasteiger partial charge in [-0.1, -0.05) is 6.07 Å². The predicted molar refractivity (Wildman–Crippen MR) is 49.2 cm³/mol. The third-order valence-corrected chi connectivity index (χ3v) is 1.94. The molecule has 0 aliphatic heterocycles. The Morgan fingerprint density at radius 3 is 2.45 bits per heavy atom. The zero-order valence-corrected chi connectivity index (χ0v) is 8.22. The third kappa shape index (κ3) is 2.27. The molecule has 0 aliphatic rings. The lowest BCUT2D eigenvalue weighted by Gasteiger charge is -2.17. The number of nitrogens with zero attached hydrogens (tertiary/aromatic N) is 1. The largest absolute Gasteiger partial charge is 0.322 e. The Morgan fingerprint density at radius 2 is 2.09 bits per heavy atom. The van der Waals surface area contributed by atoms with Crippen LogP contribution in [0.15, 0.2) is 22.9 Å². The van der Waals surface area contributed by atoms with Crippen molar-refractivity contribution in [2.45, 2.75) is 19.4 Å². The quantitative estimate of drug-likeness (QED) is 0.728. The molecule has 0 fully saturated rings. The summed E-state index contributed by atoms with van der Waals surface area (Å²) in [6.07, 6.45) is 1.78. The molecular formula is C8H11BrN2. The van der Waals surface area contributed by atoms with Gasteiger partial charge in [0.1, 0.15) is 4.60 Å². The summed E-state index contributed by atoms with van der Waals surface area (Å²) in [6, 6.07) is 3.86. The standard InChI is InChI=1S/C8H11BrN2/c1-8(2,10)6-3-4-7(9)11-5-6/h3-5H,10H2,1-2H3. The molecule has 0 aromatic carbocycles. The van der Waals surface area contributed by atoms with Crippen molar-refractivity contribution in [3.8, 4) is 0 Å². The van der Waals surface area contributed by atoms with Crippen molar-refractivity contribution in [2.24, 2.45) is 5.73 Å². The molecule has 0 saturated carbocycles. The van der Waals surface area contributed by atoms with E-state index < -0.39 is 0 Å². The van der Waals surface area contributed by atoms with Crippen LogP contribution in [-0.2, 0) is 5.54 Å². The van der Waals surface area contributed by atoms with Crippen molar-refractivity contribution in [2.75, 3.05) is 0 Å². The number of rotatable bonds is 1. The Hall–Kier alpha value is -0.410. The van der Waals surface area contributed by atoms with E-state index in [1.807, 2.05) is 26.0 Å². The van der Waals surface area contributed by atoms with Crippen LogP contribution in [0.4, 0.5) is 0 Å². The highest BCUT2D eigenvalue weighted by Crippen LogP contribution is 2.16. The van der Waals surface area contributed by atoms with Crippen molar-refractivity contribution in [1.29, 1.82) is 0 Å². The number of nitrogens with two attached hydrogens (primary N) is 1. The van der Waals surface area contributed by atoms with Crippen molar-refractivity contribution >= 4 is 15.9 Å². The zero-order valence-electron chi connectivity index (χ0n) is 6.63. The van der Waals surface area contributed by atoms with E-state index in [0.717, 1.165) is 10.2 Å². The Bertz CT molecular complexity index is 235. The van der Waals surface area contributed by atoms with Crippen molar-refractivity contribution in [3.05, 3.63) is 28.5 Å². The first-order valence-electron chi connectivity index (χ1n) is 3.41. The first-order valence-corrected chi connectivity index (χ1v) is 4.20. The Kier molecular flexibility index (Phi) is 2.30. The van der Waals surface area contributed by atoms with Crippen LogP contribution in [0.1, 0.15) is 19.4 Å². The maximum atomic E-state index is 5.85. The fraction of sp³-hybridized carbons (Fsp3) is 0.375. The molecule has 1 rings (SSSR count). The highest BCUT2D eigenvalue weighted by molar-refractivity contribution is 9.10. The fourth-order valence-electron chi connectivity index (χ4n) is 0.757. The van der Waals surface area contributed by atoms with Gasteiger partial charge in [-0.25, -0.2) is 4.98 Å². The summed E-state index contributed by atoms with van der Waals surface area (Å²) in [4.78, 5) is 4.08. The first kappa shape index (κ1) is 8.68. The van der Waals surface area contributed by atoms with Gasteiger partial charge in [0.05, 0.1) is 0 Å². The van der Waals surface area contributed by atoms with Crippen molar-refractivity contribution < 1.29 is 0 Å². The lowest BCUT2D eigenvalue weighted by molar-refractivity contribution is 0.552. The minimum atomic E-state index is -0.298. The average Bonchev–Trinajstić information content (AvgIpc) is 1.86. The van der Waals surface area contributed by atoms with Crippen LogP contribution < -0.4 is 5.73 Å². The van der Waals surface area contributed by atoms with Gasteiger partial charge in [0.2, 0.25) is 0 Å². The molecule has 60 valence electrons. The monoisotopic (exact) mass is 214 g/mol. The van der Waals surface area contributed by atoms with E-state index in [2.05, 4.69) is 20.9 Å². The molecule has 1 aromatic heterocycles. The lowest BCUT2D eigenvalue weighted by Crippen LogP contribution is -2.28. The van der Waals surface area contributed by atoms with Gasteiger partial charge in [-0.05, 0) is 41.4 Å². The molecule has 1 aromatic rings. The Labute approximate surface area is 75.0 Å². The second-order valence-corrected chi connectivity index (χ2v) is 3.90. The number of hydrogen-bond acceptors (Lipinski definition) is 2. The van der Waals surface area contributed by atoms with Crippen LogP contribution in [0.5, 0.6) is 0 Å². The molecule has 11 heavy (non-hydrogen) atoms. The number of pyridine rings is 1. The summed E-state index contributed by atoms with van der Waals surface area (Å²) in [5.41, 5.74) is 6.60.